The summed E-state index contributed by atoms with van der Waals surface area (Å²) in [5.74, 6) is -12.9. The number of carbonyl (C=O) groups is 13. The van der Waals surface area contributed by atoms with E-state index < -0.39 is 181 Å². The maximum atomic E-state index is 14.4. The molecule has 3 aliphatic rings. The van der Waals surface area contributed by atoms with Gasteiger partial charge in [0.05, 0.1) is 44.5 Å². The zero-order valence-corrected chi connectivity index (χ0v) is 53.0. The van der Waals surface area contributed by atoms with Crippen molar-refractivity contribution in [3.63, 3.8) is 0 Å². The number of quaternary nitrogens is 1. The van der Waals surface area contributed by atoms with Crippen LogP contribution in [-0.4, -0.2) is 270 Å². The van der Waals surface area contributed by atoms with Gasteiger partial charge in [-0.15, -0.1) is 0 Å². The van der Waals surface area contributed by atoms with E-state index in [4.69, 9.17) is 11.5 Å². The maximum Gasteiger partial charge on any atom is 0.338 e. The Labute approximate surface area is 548 Å². The number of fused-ring (bicyclic) bond motifs is 2. The number of nitrogens with zero attached hydrogens (tertiary/aromatic N) is 3. The number of hydrogen-bond acceptors (Lipinski definition) is 23. The summed E-state index contributed by atoms with van der Waals surface area (Å²) in [5, 5.41) is 122. The lowest BCUT2D eigenvalue weighted by Crippen LogP contribution is -2.78. The minimum Gasteiger partial charge on any atom is -0.544 e. The summed E-state index contributed by atoms with van der Waals surface area (Å²) in [6.07, 6.45) is -5.12. The molecule has 0 aliphatic carbocycles. The maximum absolute atomic E-state index is 14.4. The second-order valence-corrected chi connectivity index (χ2v) is 23.2. The molecule has 0 spiro atoms. The van der Waals surface area contributed by atoms with Crippen molar-refractivity contribution < 1.29 is 124 Å². The van der Waals surface area contributed by atoms with Gasteiger partial charge in [-0.3, -0.25) is 89.7 Å². The number of guanidine groups is 1. The first-order valence-corrected chi connectivity index (χ1v) is 30.9. The zero-order valence-electron chi connectivity index (χ0n) is 53.0. The monoisotopic (exact) mass is 1370 g/mol. The van der Waals surface area contributed by atoms with Gasteiger partial charge in [-0.1, -0.05) is 0 Å². The number of benzene rings is 1. The van der Waals surface area contributed by atoms with Crippen LogP contribution in [0.5, 0.6) is 11.5 Å². The molecule has 4 rings (SSSR count). The Bertz CT molecular complexity index is 3010. The predicted octanol–water partition coefficient (Wildman–Crippen LogP) is -14.0. The van der Waals surface area contributed by atoms with Crippen molar-refractivity contribution in [3.8, 4) is 11.5 Å². The van der Waals surface area contributed by atoms with Gasteiger partial charge in [-0.05, 0) is 77.7 Å². The molecule has 3 aliphatic heterocycles. The number of phenols is 2. The van der Waals surface area contributed by atoms with Gasteiger partial charge in [0, 0.05) is 56.9 Å². The first-order valence-electron chi connectivity index (χ1n) is 30.9. The number of carboxylic acid groups (broad SMARTS) is 1. The van der Waals surface area contributed by atoms with Crippen LogP contribution in [0.15, 0.2) is 12.1 Å². The molecule has 0 saturated carbocycles. The lowest BCUT2D eigenvalue weighted by Gasteiger charge is -2.34. The molecule has 40 nitrogen and oxygen atoms in total. The standard InChI is InChI=1S/C56H88N18O22/c1-27(79)43-53(91)61-15-4-3-8-31(46(84)65-34(11-7-19-73(96)26-78)49(87)70-44(28(2)80)54(92)71-43)64-47(85)33(10-6-18-72(95)25-77)67-50(88)36(23-75)68-48(86)32(9-5-16-62-56(58)59)66-51(89)37(24-76)69-52(90)38-14-17-60-45-35(63-42(83)13-12-30(57)55(93)94)20-29-21-40(81)41(82)22-39(29)74(38)45/h21-22,25-28,30-38,43-44,75-76,79-80,95-96H,3-20,23-24,57H2,1-2H3,(H17,58,59,61,62,63,64,65,66,67,68,69,70,71,81,82,83,84,85,86,87,88,89,90,91,92,93,94)/p+2/t27?,28?,30-,31-,32-,33-,34-,35?,36-,37-,38-,43-,44-/m0/s1. The van der Waals surface area contributed by atoms with Gasteiger partial charge in [0.2, 0.25) is 66.0 Å². The molecule has 0 radical (unpaired) electrons. The molecule has 12 amide bonds. The van der Waals surface area contributed by atoms with E-state index in [0.29, 0.717) is 5.56 Å². The van der Waals surface area contributed by atoms with E-state index in [1.165, 1.54) is 23.6 Å². The van der Waals surface area contributed by atoms with E-state index >= 15 is 0 Å². The molecule has 3 unspecified atom stereocenters. The minimum atomic E-state index is -1.96. The van der Waals surface area contributed by atoms with Crippen LogP contribution >= 0.6 is 0 Å². The molecule has 1 aromatic carbocycles. The highest BCUT2D eigenvalue weighted by molar-refractivity contribution is 5.99. The molecule has 1 aromatic rings. The van der Waals surface area contributed by atoms with Crippen LogP contribution in [0.25, 0.3) is 0 Å². The van der Waals surface area contributed by atoms with Gasteiger partial charge < -0.3 is 99.4 Å². The van der Waals surface area contributed by atoms with Crippen LogP contribution in [0, 0.1) is 0 Å². The number of hydrogen-bond donors (Lipinski definition) is 23. The van der Waals surface area contributed by atoms with Gasteiger partial charge in [0.15, 0.2) is 17.5 Å². The number of rotatable bonds is 33. The number of carbonyl (C=O) groups excluding carboxylic acids is 13. The quantitative estimate of drug-likeness (QED) is 0.00454. The highest BCUT2D eigenvalue weighted by Gasteiger charge is 2.45. The molecule has 1 fully saturated rings. The topological polar surface area (TPSA) is 642 Å². The Balaban J connectivity index is 1.62. The first kappa shape index (κ1) is 78.8. The summed E-state index contributed by atoms with van der Waals surface area (Å²) < 4.78 is 1.41. The summed E-state index contributed by atoms with van der Waals surface area (Å²) in [5.41, 5.74) is 15.1. The fraction of sp³-hybridized carbons (Fsp3) is 0.625. The fourth-order valence-corrected chi connectivity index (χ4v) is 10.4. The Morgan fingerprint density at radius 3 is 1.86 bits per heavy atom. The fourth-order valence-electron chi connectivity index (χ4n) is 10.4. The summed E-state index contributed by atoms with van der Waals surface area (Å²) in [7, 11) is 0. The summed E-state index contributed by atoms with van der Waals surface area (Å²) in [6, 6.07) is -14.8. The number of nitrogens with one attached hydrogen (secondary N) is 12. The highest BCUT2D eigenvalue weighted by atomic mass is 16.5. The van der Waals surface area contributed by atoms with Gasteiger partial charge >= 0.3 is 5.96 Å². The number of aromatic hydroxyl groups is 2. The highest BCUT2D eigenvalue weighted by Crippen LogP contribution is 2.38. The van der Waals surface area contributed by atoms with Crippen LogP contribution < -0.4 is 85.8 Å². The van der Waals surface area contributed by atoms with Gasteiger partial charge in [-0.25, -0.2) is 14.7 Å². The van der Waals surface area contributed by atoms with E-state index in [0.717, 1.165) is 6.92 Å². The average molecular weight is 1370 g/mol. The normalized spacial score (nSPS) is 21.3. The van der Waals surface area contributed by atoms with Crippen LogP contribution in [0.4, 0.5) is 5.69 Å². The molecule has 13 atom stereocenters. The second kappa shape index (κ2) is 38.7. The number of aliphatic carboxylic acids is 1. The summed E-state index contributed by atoms with van der Waals surface area (Å²) in [4.78, 5) is 176. The number of carboxylic acids is 1. The van der Waals surface area contributed by atoms with Gasteiger partial charge in [0.25, 0.3) is 11.7 Å². The smallest absolute Gasteiger partial charge is 0.338 e. The van der Waals surface area contributed by atoms with Crippen molar-refractivity contribution in [2.75, 3.05) is 45.9 Å². The van der Waals surface area contributed by atoms with Crippen molar-refractivity contribution in [2.45, 2.75) is 176 Å². The molecule has 3 heterocycles. The molecule has 40 heteroatoms. The van der Waals surface area contributed by atoms with E-state index in [1.807, 2.05) is 0 Å². The molecule has 27 N–H and O–H groups in total. The van der Waals surface area contributed by atoms with Crippen molar-refractivity contribution in [1.29, 1.82) is 0 Å². The van der Waals surface area contributed by atoms with Crippen molar-refractivity contribution in [1.82, 2.24) is 68.6 Å². The Kier molecular flexibility index (Phi) is 31.8. The Morgan fingerprint density at radius 2 is 1.26 bits per heavy atom. The number of hydroxylamine groups is 4. The van der Waals surface area contributed by atoms with Crippen LogP contribution in [0.3, 0.4) is 0 Å². The van der Waals surface area contributed by atoms with Gasteiger partial charge in [-0.2, -0.15) is 0 Å². The summed E-state index contributed by atoms with van der Waals surface area (Å²) in [6.45, 7) is -0.778. The third-order valence-corrected chi connectivity index (χ3v) is 15.7. The largest absolute Gasteiger partial charge is 0.544 e. The predicted molar refractivity (Wildman–Crippen MR) is 324 cm³/mol. The lowest BCUT2D eigenvalue weighted by atomic mass is 9.94. The number of amides is 12. The zero-order chi connectivity index (χ0) is 71.5. The number of amidine groups is 1. The van der Waals surface area contributed by atoms with E-state index in [-0.39, 0.29) is 144 Å². The van der Waals surface area contributed by atoms with Crippen molar-refractivity contribution >= 4 is 95.3 Å². The Morgan fingerprint density at radius 1 is 0.698 bits per heavy atom. The third kappa shape index (κ3) is 24.0. The number of nitrogens with two attached hydrogens (primary N) is 2. The SMILES string of the molecule is CC(O)[C@@H]1NC(=O)[C@H](CCCN(O)C=O)NC(=O)[C@@H](NC(=O)[C@H](CCCN(O)C=O)NC(=O)[C@H](CO)NC(=O)[C@H](CCC[NH+]=C(N)N)NC(=O)[C@H](CO)NC(=O)[C@@H]2CCNC3=[N+]2c2cc(O)c(O)cc2CC3NC(=O)CC[C@H]([NH3+])C(=O)[O-])CCCCNC(=O)[C@H](C(C)O)NC1=O. The van der Waals surface area contributed by atoms with Gasteiger partial charge in [0.1, 0.15) is 66.1 Å². The average Bonchev–Trinajstić information content (AvgIpc) is 0.750. The van der Waals surface area contributed by atoms with E-state index in [2.05, 4.69) is 69.2 Å². The lowest BCUT2D eigenvalue weighted by molar-refractivity contribution is -0.482. The van der Waals surface area contributed by atoms with Crippen LogP contribution in [0.2, 0.25) is 0 Å². The molecule has 534 valence electrons. The van der Waals surface area contributed by atoms with Crippen LogP contribution in [0.1, 0.15) is 96.5 Å². The van der Waals surface area contributed by atoms with E-state index in [1.54, 1.807) is 0 Å². The molecule has 96 heavy (non-hydrogen) atoms. The molecule has 0 aromatic heterocycles. The molecular weight excluding hydrogens is 1280 g/mol. The molecule has 0 bridgehead atoms. The van der Waals surface area contributed by atoms with Crippen molar-refractivity contribution in [2.24, 2.45) is 11.5 Å². The number of aliphatic hydroxyl groups is 4. The number of aliphatic hydroxyl groups excluding tert-OH is 4. The van der Waals surface area contributed by atoms with E-state index in [9.17, 15) is 108 Å². The van der Waals surface area contributed by atoms with Crippen LogP contribution in [-0.2, 0) is 68.7 Å². The third-order valence-electron chi connectivity index (χ3n) is 15.7. The second-order valence-electron chi connectivity index (χ2n) is 23.2. The minimum absolute atomic E-state index is 0.00137. The molecular formula is C56H90N18O22+2. The number of phenolic OH excluding ortho intramolecular Hbond substituents is 2. The summed E-state index contributed by atoms with van der Waals surface area (Å²) >= 11 is 0. The molecule has 1 saturated heterocycles. The van der Waals surface area contributed by atoms with Crippen molar-refractivity contribution in [3.05, 3.63) is 17.7 Å². The Hall–Kier alpha value is -9.61. The first-order chi connectivity index (χ1) is 45.4.